The third-order valence-corrected chi connectivity index (χ3v) is 1.49. The molecule has 0 aromatic rings. The van der Waals surface area contributed by atoms with Crippen LogP contribution in [0.1, 0.15) is 39.5 Å². The molecule has 1 unspecified atom stereocenters. The summed E-state index contributed by atoms with van der Waals surface area (Å²) in [4.78, 5) is 9.11. The summed E-state index contributed by atoms with van der Waals surface area (Å²) in [5.74, 6) is 0. The molecular weight excluding hydrogens is 144 g/mol. The summed E-state index contributed by atoms with van der Waals surface area (Å²) in [6.45, 7) is 4.14. The van der Waals surface area contributed by atoms with E-state index in [9.17, 15) is 0 Å². The van der Waals surface area contributed by atoms with Crippen molar-refractivity contribution in [2.45, 2.75) is 45.6 Å². The summed E-state index contributed by atoms with van der Waals surface area (Å²) in [6.07, 6.45) is 4.82. The van der Waals surface area contributed by atoms with Crippen LogP contribution in [-0.2, 0) is 14.8 Å². The van der Waals surface area contributed by atoms with E-state index in [1.54, 1.807) is 0 Å². The predicted octanol–water partition coefficient (Wildman–Crippen LogP) is 2.46. The zero-order chi connectivity index (χ0) is 8.53. The first-order valence-corrected chi connectivity index (χ1v) is 4.17. The molecule has 0 rings (SSSR count). The van der Waals surface area contributed by atoms with Crippen LogP contribution in [0.4, 0.5) is 0 Å². The van der Waals surface area contributed by atoms with E-state index in [0.717, 1.165) is 6.42 Å². The van der Waals surface area contributed by atoms with E-state index in [-0.39, 0.29) is 6.10 Å². The summed E-state index contributed by atoms with van der Waals surface area (Å²) in [6, 6.07) is 0. The molecule has 68 valence electrons. The van der Waals surface area contributed by atoms with E-state index in [0.29, 0.717) is 0 Å². The van der Waals surface area contributed by atoms with Crippen LogP contribution in [0, 0.1) is 0 Å². The van der Waals surface area contributed by atoms with Gasteiger partial charge in [-0.3, -0.25) is 0 Å². The first-order chi connectivity index (χ1) is 5.31. The third-order valence-electron chi connectivity index (χ3n) is 1.49. The summed E-state index contributed by atoms with van der Waals surface area (Å²) in [7, 11) is 1.43. The Morgan fingerprint density at radius 2 is 2.00 bits per heavy atom. The average Bonchev–Trinajstić information content (AvgIpc) is 2.01. The number of unbranched alkanes of at least 4 members (excludes halogenated alkanes) is 2. The number of hydrogen-bond donors (Lipinski definition) is 0. The summed E-state index contributed by atoms with van der Waals surface area (Å²) < 4.78 is 0. The van der Waals surface area contributed by atoms with Gasteiger partial charge in [0.25, 0.3) is 0 Å². The maximum absolute atomic E-state index is 4.82. The molecule has 3 heteroatoms. The van der Waals surface area contributed by atoms with Crippen molar-refractivity contribution in [3.8, 4) is 0 Å². The van der Waals surface area contributed by atoms with Crippen molar-refractivity contribution >= 4 is 0 Å². The van der Waals surface area contributed by atoms with Crippen LogP contribution in [-0.4, -0.2) is 13.2 Å². The first-order valence-electron chi connectivity index (χ1n) is 4.17. The summed E-state index contributed by atoms with van der Waals surface area (Å²) >= 11 is 0. The highest BCUT2D eigenvalue weighted by atomic mass is 17.5. The highest BCUT2D eigenvalue weighted by molar-refractivity contribution is 4.47. The Hall–Kier alpha value is -0.120. The van der Waals surface area contributed by atoms with Gasteiger partial charge in [0.2, 0.25) is 0 Å². The van der Waals surface area contributed by atoms with Gasteiger partial charge in [0.05, 0.1) is 13.2 Å². The Balaban J connectivity index is 3.02. The van der Waals surface area contributed by atoms with E-state index in [1.807, 2.05) is 6.92 Å². The minimum Gasteiger partial charge on any atom is -0.210 e. The Morgan fingerprint density at radius 3 is 2.55 bits per heavy atom. The maximum atomic E-state index is 4.82. The van der Waals surface area contributed by atoms with Crippen molar-refractivity contribution in [2.75, 3.05) is 7.11 Å². The molecule has 0 radical (unpaired) electrons. The van der Waals surface area contributed by atoms with Crippen molar-refractivity contribution in [2.24, 2.45) is 0 Å². The van der Waals surface area contributed by atoms with Crippen LogP contribution in [0.3, 0.4) is 0 Å². The van der Waals surface area contributed by atoms with Gasteiger partial charge >= 0.3 is 0 Å². The molecule has 11 heavy (non-hydrogen) atoms. The van der Waals surface area contributed by atoms with Gasteiger partial charge in [-0.1, -0.05) is 31.2 Å². The van der Waals surface area contributed by atoms with Crippen LogP contribution >= 0.6 is 0 Å². The monoisotopic (exact) mass is 162 g/mol. The zero-order valence-corrected chi connectivity index (χ0v) is 7.63. The minimum atomic E-state index is 0.126. The maximum Gasteiger partial charge on any atom is 0.0933 e. The largest absolute Gasteiger partial charge is 0.210 e. The van der Waals surface area contributed by atoms with Crippen molar-refractivity contribution in [1.29, 1.82) is 0 Å². The van der Waals surface area contributed by atoms with E-state index in [4.69, 9.17) is 4.89 Å². The highest BCUT2D eigenvalue weighted by Crippen LogP contribution is 2.05. The molecule has 1 atom stereocenters. The van der Waals surface area contributed by atoms with Crippen molar-refractivity contribution in [3.05, 3.63) is 0 Å². The van der Waals surface area contributed by atoms with Gasteiger partial charge in [-0.15, -0.1) is 0 Å². The quantitative estimate of drug-likeness (QED) is 0.327. The molecule has 0 heterocycles. The first kappa shape index (κ1) is 10.9. The van der Waals surface area contributed by atoms with E-state index >= 15 is 0 Å². The molecule has 0 N–H and O–H groups in total. The fourth-order valence-corrected chi connectivity index (χ4v) is 0.836. The fourth-order valence-electron chi connectivity index (χ4n) is 0.836. The van der Waals surface area contributed by atoms with Gasteiger partial charge in [0.15, 0.2) is 0 Å². The number of hydrogen-bond acceptors (Lipinski definition) is 3. The minimum absolute atomic E-state index is 0.126. The summed E-state index contributed by atoms with van der Waals surface area (Å²) in [5.41, 5.74) is 0. The Kier molecular flexibility index (Phi) is 7.89. The van der Waals surface area contributed by atoms with Crippen molar-refractivity contribution in [3.63, 3.8) is 0 Å². The van der Waals surface area contributed by atoms with Gasteiger partial charge in [-0.05, 0) is 13.3 Å². The molecule has 0 aliphatic heterocycles. The lowest BCUT2D eigenvalue weighted by Gasteiger charge is -2.08. The van der Waals surface area contributed by atoms with Gasteiger partial charge in [-0.25, -0.2) is 9.78 Å². The Morgan fingerprint density at radius 1 is 1.27 bits per heavy atom. The standard InChI is InChI=1S/C8H18O3/c1-4-5-6-7-8(2)10-11-9-3/h8H,4-7H2,1-3H3. The predicted molar refractivity (Wildman–Crippen MR) is 42.8 cm³/mol. The molecule has 0 bridgehead atoms. The molecule has 0 aromatic heterocycles. The topological polar surface area (TPSA) is 27.7 Å². The smallest absolute Gasteiger partial charge is 0.0933 e. The van der Waals surface area contributed by atoms with Crippen LogP contribution in [0.2, 0.25) is 0 Å². The molecule has 0 saturated heterocycles. The van der Waals surface area contributed by atoms with Crippen LogP contribution in [0.5, 0.6) is 0 Å². The normalized spacial score (nSPS) is 13.4. The second kappa shape index (κ2) is 7.98. The van der Waals surface area contributed by atoms with E-state index in [1.165, 1.54) is 26.4 Å². The fraction of sp³-hybridized carbons (Fsp3) is 1.00. The van der Waals surface area contributed by atoms with Gasteiger partial charge in [0, 0.05) is 0 Å². The van der Waals surface area contributed by atoms with Crippen molar-refractivity contribution < 1.29 is 14.8 Å². The molecule has 3 nitrogen and oxygen atoms in total. The second-order valence-electron chi connectivity index (χ2n) is 2.64. The number of rotatable bonds is 7. The average molecular weight is 162 g/mol. The lowest BCUT2D eigenvalue weighted by Crippen LogP contribution is -2.08. The molecule has 0 fully saturated rings. The molecule has 0 amide bonds. The molecule has 0 spiro atoms. The van der Waals surface area contributed by atoms with E-state index in [2.05, 4.69) is 16.8 Å². The Bertz CT molecular complexity index is 75.7. The van der Waals surface area contributed by atoms with E-state index < -0.39 is 0 Å². The highest BCUT2D eigenvalue weighted by Gasteiger charge is 2.01. The molecule has 0 saturated carbocycles. The van der Waals surface area contributed by atoms with Crippen molar-refractivity contribution in [1.82, 2.24) is 0 Å². The molecular formula is C8H18O3. The van der Waals surface area contributed by atoms with Crippen LogP contribution < -0.4 is 0 Å². The third kappa shape index (κ3) is 7.78. The lowest BCUT2D eigenvalue weighted by atomic mass is 10.1. The Labute approximate surface area is 68.5 Å². The van der Waals surface area contributed by atoms with Crippen LogP contribution in [0.15, 0.2) is 0 Å². The summed E-state index contributed by atoms with van der Waals surface area (Å²) in [5, 5.41) is 4.33. The van der Waals surface area contributed by atoms with Gasteiger partial charge < -0.3 is 0 Å². The second-order valence-corrected chi connectivity index (χ2v) is 2.64. The zero-order valence-electron chi connectivity index (χ0n) is 7.63. The van der Waals surface area contributed by atoms with Gasteiger partial charge in [0.1, 0.15) is 0 Å². The molecule has 0 aromatic carbocycles. The van der Waals surface area contributed by atoms with Gasteiger partial charge in [-0.2, -0.15) is 0 Å². The molecule has 0 aliphatic rings. The lowest BCUT2D eigenvalue weighted by molar-refractivity contribution is -0.515. The van der Waals surface area contributed by atoms with Crippen LogP contribution in [0.25, 0.3) is 0 Å². The molecule has 0 aliphatic carbocycles. The SMILES string of the molecule is CCCCCC(C)OOOC.